The molecule has 1 aromatic heterocycles. The van der Waals surface area contributed by atoms with Crippen LogP contribution in [-0.2, 0) is 4.79 Å². The predicted octanol–water partition coefficient (Wildman–Crippen LogP) is 3.70. The maximum Gasteiger partial charge on any atom is 0.265 e. The van der Waals surface area contributed by atoms with Crippen LogP contribution in [0.4, 0.5) is 0 Å². The second kappa shape index (κ2) is 8.61. The number of nitrogens with zero attached hydrogens (tertiary/aromatic N) is 1. The summed E-state index contributed by atoms with van der Waals surface area (Å²) in [5.74, 6) is -0.616. The van der Waals surface area contributed by atoms with Crippen LogP contribution in [0.5, 0.6) is 0 Å². The third-order valence-electron chi connectivity index (χ3n) is 4.87. The molecule has 6 heteroatoms. The molecule has 148 valence electrons. The number of carbonyl (C=O) groups excluding carboxylic acids is 2. The number of carbonyl (C=O) groups is 2. The number of nitriles is 1. The average molecular weight is 388 g/mol. The Balaban J connectivity index is 1.96. The first kappa shape index (κ1) is 20.2. The van der Waals surface area contributed by atoms with E-state index in [4.69, 9.17) is 11.0 Å². The molecule has 3 rings (SSSR count). The Bertz CT molecular complexity index is 1090. The van der Waals surface area contributed by atoms with Crippen molar-refractivity contribution in [2.75, 3.05) is 6.54 Å². The first-order chi connectivity index (χ1) is 13.9. The van der Waals surface area contributed by atoms with Gasteiger partial charge in [-0.3, -0.25) is 9.59 Å². The van der Waals surface area contributed by atoms with Crippen molar-refractivity contribution in [2.24, 2.45) is 11.7 Å². The van der Waals surface area contributed by atoms with E-state index in [1.165, 1.54) is 0 Å². The monoisotopic (exact) mass is 388 g/mol. The Hall–Kier alpha value is -3.59. The number of aromatic amines is 1. The molecule has 4 N–H and O–H groups in total. The molecule has 0 spiro atoms. The number of hydrogen-bond acceptors (Lipinski definition) is 3. The molecule has 1 heterocycles. The molecular formula is C23H24N4O2. The first-order valence-electron chi connectivity index (χ1n) is 9.56. The molecular weight excluding hydrogens is 364 g/mol. The molecule has 0 saturated carbocycles. The molecule has 1 unspecified atom stereocenters. The summed E-state index contributed by atoms with van der Waals surface area (Å²) >= 11 is 0. The van der Waals surface area contributed by atoms with Crippen molar-refractivity contribution in [1.29, 1.82) is 5.26 Å². The Morgan fingerprint density at radius 3 is 2.59 bits per heavy atom. The summed E-state index contributed by atoms with van der Waals surface area (Å²) in [7, 11) is 0. The lowest BCUT2D eigenvalue weighted by Crippen LogP contribution is -2.30. The Kier molecular flexibility index (Phi) is 5.99. The zero-order valence-electron chi connectivity index (χ0n) is 16.5. The molecule has 0 aliphatic heterocycles. The fraction of sp³-hybridized carbons (Fsp3) is 0.261. The zero-order chi connectivity index (χ0) is 21.0. The van der Waals surface area contributed by atoms with Crippen LogP contribution in [-0.4, -0.2) is 23.3 Å². The molecule has 2 amide bonds. The third kappa shape index (κ3) is 4.64. The minimum atomic E-state index is -0.496. The summed E-state index contributed by atoms with van der Waals surface area (Å²) in [6, 6.07) is 17.5. The molecule has 0 saturated heterocycles. The van der Waals surface area contributed by atoms with Gasteiger partial charge in [-0.1, -0.05) is 44.2 Å². The number of primary amides is 1. The van der Waals surface area contributed by atoms with Gasteiger partial charge in [-0.2, -0.15) is 5.26 Å². The van der Waals surface area contributed by atoms with Gasteiger partial charge in [-0.05, 0) is 47.2 Å². The number of benzene rings is 2. The van der Waals surface area contributed by atoms with Crippen LogP contribution in [0.1, 0.15) is 42.2 Å². The lowest BCUT2D eigenvalue weighted by atomic mass is 9.88. The van der Waals surface area contributed by atoms with E-state index >= 15 is 0 Å². The number of H-pyrrole nitrogens is 1. The van der Waals surface area contributed by atoms with Crippen LogP contribution < -0.4 is 11.1 Å². The minimum Gasteiger partial charge on any atom is -0.364 e. The van der Waals surface area contributed by atoms with Gasteiger partial charge in [-0.15, -0.1) is 0 Å². The fourth-order valence-corrected chi connectivity index (χ4v) is 3.50. The molecule has 0 bridgehead atoms. The second-order valence-corrected chi connectivity index (χ2v) is 7.53. The normalized spacial score (nSPS) is 11.9. The topological polar surface area (TPSA) is 112 Å². The van der Waals surface area contributed by atoms with Gasteiger partial charge < -0.3 is 16.0 Å². The van der Waals surface area contributed by atoms with Crippen molar-refractivity contribution in [2.45, 2.75) is 26.2 Å². The van der Waals surface area contributed by atoms with Crippen molar-refractivity contribution >= 4 is 22.7 Å². The SMILES string of the molecule is CC(C)CC(C(=O)NCC#N)c1cccc(-c2ccc3[nH]c(C(N)=O)cc3c2)c1. The smallest absolute Gasteiger partial charge is 0.265 e. The van der Waals surface area contributed by atoms with E-state index in [0.717, 1.165) is 27.6 Å². The standard InChI is InChI=1S/C23H24N4O2/c1-14(2)10-19(23(29)26-9-8-24)17-5-3-4-15(11-17)16-6-7-20-18(12-16)13-21(27-20)22(25)28/h3-7,11-14,19,27H,9-10H2,1-2H3,(H2,25,28)(H,26,29). The van der Waals surface area contributed by atoms with Crippen LogP contribution in [0.3, 0.4) is 0 Å². The molecule has 1 atom stereocenters. The summed E-state index contributed by atoms with van der Waals surface area (Å²) in [5, 5.41) is 12.3. The molecule has 29 heavy (non-hydrogen) atoms. The third-order valence-corrected chi connectivity index (χ3v) is 4.87. The Labute approximate surface area is 169 Å². The van der Waals surface area contributed by atoms with Crippen LogP contribution in [0.2, 0.25) is 0 Å². The van der Waals surface area contributed by atoms with Gasteiger partial charge in [0.1, 0.15) is 12.2 Å². The van der Waals surface area contributed by atoms with E-state index in [1.54, 1.807) is 6.07 Å². The van der Waals surface area contributed by atoms with Gasteiger partial charge in [-0.25, -0.2) is 0 Å². The molecule has 0 radical (unpaired) electrons. The van der Waals surface area contributed by atoms with Gasteiger partial charge in [0.15, 0.2) is 0 Å². The molecule has 2 aromatic carbocycles. The van der Waals surface area contributed by atoms with Crippen molar-refractivity contribution in [3.63, 3.8) is 0 Å². The summed E-state index contributed by atoms with van der Waals surface area (Å²) in [5.41, 5.74) is 9.44. The number of aromatic nitrogens is 1. The van der Waals surface area contributed by atoms with Crippen LogP contribution in [0.15, 0.2) is 48.5 Å². The lowest BCUT2D eigenvalue weighted by Gasteiger charge is -2.19. The highest BCUT2D eigenvalue weighted by Gasteiger charge is 2.22. The Morgan fingerprint density at radius 1 is 1.14 bits per heavy atom. The van der Waals surface area contributed by atoms with Crippen LogP contribution >= 0.6 is 0 Å². The van der Waals surface area contributed by atoms with E-state index in [-0.39, 0.29) is 18.4 Å². The summed E-state index contributed by atoms with van der Waals surface area (Å²) in [6.45, 7) is 4.15. The summed E-state index contributed by atoms with van der Waals surface area (Å²) < 4.78 is 0. The highest BCUT2D eigenvalue weighted by Crippen LogP contribution is 2.30. The van der Waals surface area contributed by atoms with E-state index in [1.807, 2.05) is 48.5 Å². The van der Waals surface area contributed by atoms with Gasteiger partial charge in [0.05, 0.1) is 12.0 Å². The zero-order valence-corrected chi connectivity index (χ0v) is 16.5. The van der Waals surface area contributed by atoms with Gasteiger partial charge in [0.2, 0.25) is 5.91 Å². The summed E-state index contributed by atoms with van der Waals surface area (Å²) in [4.78, 5) is 27.0. The Morgan fingerprint density at radius 2 is 1.90 bits per heavy atom. The molecule has 0 aliphatic rings. The number of amides is 2. The fourth-order valence-electron chi connectivity index (χ4n) is 3.50. The largest absolute Gasteiger partial charge is 0.364 e. The quantitative estimate of drug-likeness (QED) is 0.536. The lowest BCUT2D eigenvalue weighted by molar-refractivity contribution is -0.122. The van der Waals surface area contributed by atoms with E-state index < -0.39 is 5.91 Å². The van der Waals surface area contributed by atoms with E-state index in [0.29, 0.717) is 18.0 Å². The highest BCUT2D eigenvalue weighted by molar-refractivity contribution is 5.98. The minimum absolute atomic E-state index is 0.000523. The molecule has 3 aromatic rings. The van der Waals surface area contributed by atoms with Crippen molar-refractivity contribution in [3.05, 3.63) is 59.8 Å². The van der Waals surface area contributed by atoms with Crippen LogP contribution in [0.25, 0.3) is 22.0 Å². The van der Waals surface area contributed by atoms with E-state index in [9.17, 15) is 9.59 Å². The summed E-state index contributed by atoms with van der Waals surface area (Å²) in [6.07, 6.45) is 0.694. The van der Waals surface area contributed by atoms with Gasteiger partial charge in [0, 0.05) is 10.9 Å². The first-order valence-corrected chi connectivity index (χ1v) is 9.56. The molecule has 0 fully saturated rings. The van der Waals surface area contributed by atoms with Crippen LogP contribution in [0, 0.1) is 17.2 Å². The van der Waals surface area contributed by atoms with Crippen molar-refractivity contribution < 1.29 is 9.59 Å². The molecule has 6 nitrogen and oxygen atoms in total. The average Bonchev–Trinajstić information content (AvgIpc) is 3.14. The van der Waals surface area contributed by atoms with Crippen molar-refractivity contribution in [3.8, 4) is 17.2 Å². The predicted molar refractivity (Wildman–Crippen MR) is 113 cm³/mol. The number of hydrogen-bond donors (Lipinski definition) is 3. The van der Waals surface area contributed by atoms with E-state index in [2.05, 4.69) is 24.1 Å². The maximum absolute atomic E-state index is 12.6. The number of nitrogens with two attached hydrogens (primary N) is 1. The molecule has 0 aliphatic carbocycles. The maximum atomic E-state index is 12.6. The van der Waals surface area contributed by atoms with Crippen molar-refractivity contribution in [1.82, 2.24) is 10.3 Å². The van der Waals surface area contributed by atoms with Gasteiger partial charge in [0.25, 0.3) is 5.91 Å². The number of fused-ring (bicyclic) bond motifs is 1. The highest BCUT2D eigenvalue weighted by atomic mass is 16.2. The number of rotatable bonds is 7. The van der Waals surface area contributed by atoms with Gasteiger partial charge >= 0.3 is 0 Å². The number of nitrogens with one attached hydrogen (secondary N) is 2. The second-order valence-electron chi connectivity index (χ2n) is 7.53.